The number of halogens is 3. The van der Waals surface area contributed by atoms with Crippen LogP contribution in [0.1, 0.15) is 42.0 Å². The maximum absolute atomic E-state index is 14.7. The van der Waals surface area contributed by atoms with Crippen LogP contribution in [0.25, 0.3) is 0 Å². The molecule has 0 aliphatic carbocycles. The Labute approximate surface area is 179 Å². The van der Waals surface area contributed by atoms with Crippen LogP contribution in [0.3, 0.4) is 0 Å². The van der Waals surface area contributed by atoms with Gasteiger partial charge in [0.25, 0.3) is 0 Å². The van der Waals surface area contributed by atoms with Crippen LogP contribution in [0, 0.1) is 5.82 Å². The predicted octanol–water partition coefficient (Wildman–Crippen LogP) is 5.00. The molecule has 2 rings (SSSR count). The van der Waals surface area contributed by atoms with Gasteiger partial charge in [-0.2, -0.15) is 0 Å². The second-order valence-electron chi connectivity index (χ2n) is 6.88. The second kappa shape index (κ2) is 10.8. The SMILES string of the molecule is COCOc1ccc(Cc2c(Cl)cc(CNCC(=O)O)c(F)c2Cl)cc1C(C)C. The van der Waals surface area contributed by atoms with Gasteiger partial charge >= 0.3 is 5.97 Å². The molecular weight excluding hydrogens is 420 g/mol. The zero-order chi connectivity index (χ0) is 21.6. The fourth-order valence-electron chi connectivity index (χ4n) is 2.89. The van der Waals surface area contributed by atoms with E-state index in [0.29, 0.717) is 17.0 Å². The van der Waals surface area contributed by atoms with Gasteiger partial charge in [-0.3, -0.25) is 4.79 Å². The number of carbonyl (C=O) groups is 1. The fourth-order valence-corrected chi connectivity index (χ4v) is 3.52. The number of methoxy groups -OCH3 is 1. The van der Waals surface area contributed by atoms with Gasteiger partial charge in [0, 0.05) is 30.7 Å². The van der Waals surface area contributed by atoms with E-state index in [1.807, 2.05) is 18.2 Å². The topological polar surface area (TPSA) is 67.8 Å². The largest absolute Gasteiger partial charge is 0.480 e. The fraction of sp³-hybridized carbons (Fsp3) is 0.381. The highest BCUT2D eigenvalue weighted by Gasteiger charge is 2.18. The molecule has 8 heteroatoms. The molecular formula is C21H24Cl2FNO4. The van der Waals surface area contributed by atoms with Crippen LogP contribution in [-0.4, -0.2) is 31.5 Å². The van der Waals surface area contributed by atoms with Crippen molar-refractivity contribution in [1.29, 1.82) is 0 Å². The van der Waals surface area contributed by atoms with Crippen molar-refractivity contribution in [1.82, 2.24) is 5.32 Å². The summed E-state index contributed by atoms with van der Waals surface area (Å²) in [6, 6.07) is 7.20. The minimum absolute atomic E-state index is 0.0148. The second-order valence-corrected chi connectivity index (χ2v) is 7.66. The summed E-state index contributed by atoms with van der Waals surface area (Å²) in [4.78, 5) is 10.6. The Hall–Kier alpha value is -1.86. The van der Waals surface area contributed by atoms with Crippen LogP contribution >= 0.6 is 23.2 Å². The quantitative estimate of drug-likeness (QED) is 0.399. The summed E-state index contributed by atoms with van der Waals surface area (Å²) >= 11 is 12.6. The van der Waals surface area contributed by atoms with Crippen LogP contribution < -0.4 is 10.1 Å². The molecule has 5 nitrogen and oxygen atoms in total. The van der Waals surface area contributed by atoms with Crippen LogP contribution in [0.5, 0.6) is 5.75 Å². The molecule has 158 valence electrons. The zero-order valence-corrected chi connectivity index (χ0v) is 18.0. The molecule has 0 amide bonds. The molecule has 2 N–H and O–H groups in total. The van der Waals surface area contributed by atoms with Gasteiger partial charge in [0.15, 0.2) is 6.79 Å². The number of ether oxygens (including phenoxy) is 2. The van der Waals surface area contributed by atoms with E-state index in [2.05, 4.69) is 19.2 Å². The van der Waals surface area contributed by atoms with E-state index in [1.54, 1.807) is 7.11 Å². The molecule has 0 saturated carbocycles. The molecule has 0 aliphatic rings. The molecule has 0 heterocycles. The molecule has 0 atom stereocenters. The average molecular weight is 444 g/mol. The first-order valence-corrected chi connectivity index (χ1v) is 9.82. The molecule has 2 aromatic carbocycles. The van der Waals surface area contributed by atoms with Crippen molar-refractivity contribution >= 4 is 29.2 Å². The van der Waals surface area contributed by atoms with Gasteiger partial charge in [0.05, 0.1) is 11.6 Å². The number of benzene rings is 2. The Morgan fingerprint density at radius 2 is 2.00 bits per heavy atom. The summed E-state index contributed by atoms with van der Waals surface area (Å²) in [5, 5.41) is 11.6. The van der Waals surface area contributed by atoms with Crippen LogP contribution in [0.4, 0.5) is 4.39 Å². The molecule has 0 aromatic heterocycles. The number of rotatable bonds is 10. The van der Waals surface area contributed by atoms with E-state index in [1.165, 1.54) is 6.07 Å². The van der Waals surface area contributed by atoms with E-state index in [0.717, 1.165) is 16.9 Å². The van der Waals surface area contributed by atoms with Gasteiger partial charge in [-0.25, -0.2) is 4.39 Å². The minimum atomic E-state index is -1.03. The van der Waals surface area contributed by atoms with Crippen LogP contribution in [0.15, 0.2) is 24.3 Å². The first-order valence-electron chi connectivity index (χ1n) is 9.06. The minimum Gasteiger partial charge on any atom is -0.480 e. The van der Waals surface area contributed by atoms with Gasteiger partial charge in [0.2, 0.25) is 0 Å². The molecule has 2 aromatic rings. The Bertz CT molecular complexity index is 874. The number of carboxylic acids is 1. The summed E-state index contributed by atoms with van der Waals surface area (Å²) < 4.78 is 25.2. The molecule has 0 spiro atoms. The summed E-state index contributed by atoms with van der Waals surface area (Å²) in [6.45, 7) is 3.99. The normalized spacial score (nSPS) is 11.1. The third kappa shape index (κ3) is 6.31. The van der Waals surface area contributed by atoms with E-state index in [9.17, 15) is 9.18 Å². The van der Waals surface area contributed by atoms with Gasteiger partial charge in [-0.15, -0.1) is 0 Å². The lowest BCUT2D eigenvalue weighted by atomic mass is 9.96. The molecule has 0 unspecified atom stereocenters. The number of hydrogen-bond acceptors (Lipinski definition) is 4. The third-order valence-corrected chi connectivity index (χ3v) is 5.06. The lowest BCUT2D eigenvalue weighted by Crippen LogP contribution is -2.22. The highest BCUT2D eigenvalue weighted by atomic mass is 35.5. The van der Waals surface area contributed by atoms with Crippen molar-refractivity contribution < 1.29 is 23.8 Å². The molecule has 29 heavy (non-hydrogen) atoms. The Balaban J connectivity index is 2.28. The summed E-state index contributed by atoms with van der Waals surface area (Å²) in [5.41, 5.74) is 2.62. The Kier molecular flexibility index (Phi) is 8.71. The lowest BCUT2D eigenvalue weighted by molar-refractivity contribution is -0.136. The predicted molar refractivity (Wildman–Crippen MR) is 112 cm³/mol. The summed E-state index contributed by atoms with van der Waals surface area (Å²) in [5.74, 6) is -0.688. The maximum Gasteiger partial charge on any atom is 0.317 e. The summed E-state index contributed by atoms with van der Waals surface area (Å²) in [7, 11) is 1.56. The van der Waals surface area contributed by atoms with Crippen molar-refractivity contribution in [2.45, 2.75) is 32.7 Å². The highest BCUT2D eigenvalue weighted by Crippen LogP contribution is 2.34. The van der Waals surface area contributed by atoms with Crippen molar-refractivity contribution in [3.05, 3.63) is 62.4 Å². The Morgan fingerprint density at radius 1 is 1.28 bits per heavy atom. The van der Waals surface area contributed by atoms with Crippen LogP contribution in [0.2, 0.25) is 10.0 Å². The average Bonchev–Trinajstić information content (AvgIpc) is 2.67. The number of hydrogen-bond donors (Lipinski definition) is 2. The van der Waals surface area contributed by atoms with E-state index in [4.69, 9.17) is 37.8 Å². The van der Waals surface area contributed by atoms with Crippen LogP contribution in [-0.2, 0) is 22.5 Å². The van der Waals surface area contributed by atoms with Gasteiger partial charge in [0.1, 0.15) is 11.6 Å². The number of aliphatic carboxylic acids is 1. The van der Waals surface area contributed by atoms with E-state index >= 15 is 0 Å². The van der Waals surface area contributed by atoms with Gasteiger partial charge < -0.3 is 19.9 Å². The first kappa shape index (κ1) is 23.4. The van der Waals surface area contributed by atoms with Crippen molar-refractivity contribution in [3.8, 4) is 5.75 Å². The third-order valence-electron chi connectivity index (χ3n) is 4.33. The van der Waals surface area contributed by atoms with Crippen molar-refractivity contribution in [2.24, 2.45) is 0 Å². The molecule has 0 aliphatic heterocycles. The molecule has 0 fully saturated rings. The van der Waals surface area contributed by atoms with E-state index < -0.39 is 11.8 Å². The monoisotopic (exact) mass is 443 g/mol. The summed E-state index contributed by atoms with van der Waals surface area (Å²) in [6.07, 6.45) is 0.349. The van der Waals surface area contributed by atoms with Gasteiger partial charge in [-0.1, -0.05) is 49.2 Å². The molecule has 0 saturated heterocycles. The maximum atomic E-state index is 14.7. The number of carboxylic acid groups (broad SMARTS) is 1. The van der Waals surface area contributed by atoms with E-state index in [-0.39, 0.29) is 36.4 Å². The number of nitrogens with one attached hydrogen (secondary N) is 1. The smallest absolute Gasteiger partial charge is 0.317 e. The molecule has 0 radical (unpaired) electrons. The van der Waals surface area contributed by atoms with Gasteiger partial charge in [-0.05, 0) is 34.7 Å². The zero-order valence-electron chi connectivity index (χ0n) is 16.5. The standard InChI is InChI=1S/C21H24Cl2FNO4/c1-12(2)15-6-13(4-5-18(15)29-11-28-3)7-16-17(22)8-14(21(24)20(16)23)9-25-10-19(26)27/h4-6,8,12,25H,7,9-11H2,1-3H3,(H,26,27). The van der Waals surface area contributed by atoms with Crippen molar-refractivity contribution in [3.63, 3.8) is 0 Å². The molecule has 0 bridgehead atoms. The Morgan fingerprint density at radius 3 is 2.62 bits per heavy atom. The lowest BCUT2D eigenvalue weighted by Gasteiger charge is -2.16. The van der Waals surface area contributed by atoms with Crippen molar-refractivity contribution in [2.75, 3.05) is 20.4 Å². The first-order chi connectivity index (χ1) is 13.7. The highest BCUT2D eigenvalue weighted by molar-refractivity contribution is 6.36.